The van der Waals surface area contributed by atoms with Gasteiger partial charge in [0.05, 0.1) is 16.7 Å². The maximum atomic E-state index is 8.79. The van der Waals surface area contributed by atoms with Crippen molar-refractivity contribution in [3.63, 3.8) is 0 Å². The molecule has 8 aromatic carbocycles. The van der Waals surface area contributed by atoms with Gasteiger partial charge in [-0.3, -0.25) is 4.57 Å². The minimum Gasteiger partial charge on any atom is -0.510 e. The number of imidazole rings is 1. The van der Waals surface area contributed by atoms with Gasteiger partial charge in [0.15, 0.2) is 0 Å². The Morgan fingerprint density at radius 1 is 0.453 bits per heavy atom. The van der Waals surface area contributed by atoms with E-state index < -0.39 is 13.7 Å². The predicted molar refractivity (Wildman–Crippen MR) is 358 cm³/mol. The molecule has 86 heavy (non-hydrogen) atoms. The van der Waals surface area contributed by atoms with Gasteiger partial charge in [-0.15, -0.1) is 29.7 Å². The molecule has 0 aliphatic rings. The third-order valence-electron chi connectivity index (χ3n) is 16.8. The molecule has 6 heteroatoms. The zero-order valence-electron chi connectivity index (χ0n) is 59.5. The maximum absolute atomic E-state index is 8.79. The van der Waals surface area contributed by atoms with Crippen LogP contribution >= 0.6 is 0 Å². The van der Waals surface area contributed by atoms with E-state index in [1.54, 1.807) is 0 Å². The Morgan fingerprint density at radius 2 is 0.977 bits per heavy atom. The number of fused-ring (bicyclic) bond motifs is 4. The van der Waals surface area contributed by atoms with E-state index in [0.29, 0.717) is 28.3 Å². The summed E-state index contributed by atoms with van der Waals surface area (Å²) in [6.07, 6.45) is 5.79. The van der Waals surface area contributed by atoms with Gasteiger partial charge >= 0.3 is 0 Å². The second kappa shape index (κ2) is 22.1. The summed E-state index contributed by atoms with van der Waals surface area (Å²) in [6.45, 7) is 35.4. The van der Waals surface area contributed by atoms with E-state index in [-0.39, 0.29) is 70.2 Å². The van der Waals surface area contributed by atoms with Crippen molar-refractivity contribution in [2.24, 2.45) is 0 Å². The molecule has 0 saturated carbocycles. The number of aromatic nitrogens is 4. The number of rotatable bonds is 8. The van der Waals surface area contributed by atoms with Crippen LogP contribution in [-0.4, -0.2) is 14.1 Å². The smallest absolute Gasteiger partial charge is 0.268 e. The molecule has 0 unspecified atom stereocenters. The number of para-hydroxylation sites is 1. The Labute approximate surface area is 536 Å². The van der Waals surface area contributed by atoms with E-state index in [1.165, 1.54) is 40.5 Å². The van der Waals surface area contributed by atoms with Gasteiger partial charge in [-0.2, -0.15) is 18.2 Å². The Bertz CT molecular complexity index is 4460. The molecule has 0 amide bonds. The molecular formula is C80H86N4OPt-2. The summed E-state index contributed by atoms with van der Waals surface area (Å²) in [5, 5.41) is 2.08. The number of hydrogen-bond acceptors (Lipinski definition) is 2. The van der Waals surface area contributed by atoms with Crippen LogP contribution in [0.15, 0.2) is 158 Å². The van der Waals surface area contributed by atoms with Crippen LogP contribution in [0.3, 0.4) is 0 Å². The Hall–Kier alpha value is -7.33. The van der Waals surface area contributed by atoms with Gasteiger partial charge in [0.25, 0.3) is 6.33 Å². The zero-order valence-corrected chi connectivity index (χ0v) is 55.8. The van der Waals surface area contributed by atoms with Crippen LogP contribution < -0.4 is 9.30 Å². The first kappa shape index (κ1) is 54.1. The summed E-state index contributed by atoms with van der Waals surface area (Å²) in [6, 6.07) is 58.8. The van der Waals surface area contributed by atoms with Gasteiger partial charge in [0, 0.05) is 52.5 Å². The van der Waals surface area contributed by atoms with Crippen LogP contribution in [0.25, 0.3) is 83.4 Å². The van der Waals surface area contributed by atoms with E-state index in [0.717, 1.165) is 72.2 Å². The molecule has 0 spiro atoms. The van der Waals surface area contributed by atoms with Gasteiger partial charge in [0.2, 0.25) is 0 Å². The summed E-state index contributed by atoms with van der Waals surface area (Å²) < 4.78 is 65.9. The fourth-order valence-corrected chi connectivity index (χ4v) is 11.4. The molecule has 0 bridgehead atoms. The van der Waals surface area contributed by atoms with Gasteiger partial charge in [-0.05, 0) is 159 Å². The van der Waals surface area contributed by atoms with E-state index in [2.05, 4.69) is 231 Å². The maximum Gasteiger partial charge on any atom is 0.268 e. The van der Waals surface area contributed by atoms with Gasteiger partial charge in [0.1, 0.15) is 5.82 Å². The largest absolute Gasteiger partial charge is 0.510 e. The third-order valence-corrected chi connectivity index (χ3v) is 16.8. The fraction of sp³-hybridized carbons (Fsp3) is 0.325. The van der Waals surface area contributed by atoms with Crippen molar-refractivity contribution in [2.75, 3.05) is 0 Å². The van der Waals surface area contributed by atoms with Crippen molar-refractivity contribution in [2.45, 2.75) is 171 Å². The van der Waals surface area contributed by atoms with Crippen LogP contribution in [0.4, 0.5) is 0 Å². The molecule has 0 saturated heterocycles. The number of pyridine rings is 1. The number of aryl methyl sites for hydroxylation is 2. The molecule has 0 atom stereocenters. The summed E-state index contributed by atoms with van der Waals surface area (Å²) in [7, 11) is 0. The Morgan fingerprint density at radius 3 is 1.52 bits per heavy atom. The van der Waals surface area contributed by atoms with Crippen LogP contribution in [0, 0.1) is 32.2 Å². The molecule has 0 N–H and O–H groups in total. The number of ether oxygens (including phenoxy) is 1. The van der Waals surface area contributed by atoms with Gasteiger partial charge in [-0.1, -0.05) is 227 Å². The number of hydrogen-bond donors (Lipinski definition) is 0. The number of benzene rings is 8. The van der Waals surface area contributed by atoms with Crippen molar-refractivity contribution in [1.82, 2.24) is 14.1 Å². The summed E-state index contributed by atoms with van der Waals surface area (Å²) in [4.78, 5) is 4.91. The quantitative estimate of drug-likeness (QED) is 0.112. The molecule has 0 aliphatic heterocycles. The third kappa shape index (κ3) is 11.9. The van der Waals surface area contributed by atoms with Gasteiger partial charge in [-0.25, -0.2) is 4.98 Å². The van der Waals surface area contributed by atoms with Crippen molar-refractivity contribution < 1.29 is 38.6 Å². The topological polar surface area (TPSA) is 35.9 Å². The monoisotopic (exact) mass is 1320 g/mol. The molecule has 0 fully saturated rings. The number of nitrogens with zero attached hydrogens (tertiary/aromatic N) is 4. The normalized spacial score (nSPS) is 14.1. The molecule has 0 radical (unpaired) electrons. The summed E-state index contributed by atoms with van der Waals surface area (Å²) >= 11 is 0. The van der Waals surface area contributed by atoms with E-state index in [9.17, 15) is 0 Å². The van der Waals surface area contributed by atoms with E-state index in [1.807, 2.05) is 65.4 Å². The average molecular weight is 1320 g/mol. The molecule has 5 nitrogen and oxygen atoms in total. The molecule has 3 aromatic heterocycles. The second-order valence-corrected chi connectivity index (χ2v) is 29.6. The summed E-state index contributed by atoms with van der Waals surface area (Å²) in [5.74, 6) is 1.67. The zero-order chi connectivity index (χ0) is 66.1. The molecule has 0 aliphatic carbocycles. The first-order chi connectivity index (χ1) is 42.1. The Kier molecular flexibility index (Phi) is 13.9. The fourth-order valence-electron chi connectivity index (χ4n) is 11.4. The van der Waals surface area contributed by atoms with Crippen LogP contribution in [0.5, 0.6) is 11.5 Å². The van der Waals surface area contributed by atoms with Gasteiger partial charge < -0.3 is 13.9 Å². The van der Waals surface area contributed by atoms with Crippen LogP contribution in [0.2, 0.25) is 0 Å². The van der Waals surface area contributed by atoms with Crippen LogP contribution in [0.1, 0.15) is 177 Å². The minimum atomic E-state index is -2.64. The van der Waals surface area contributed by atoms with E-state index in [4.69, 9.17) is 17.9 Å². The van der Waals surface area contributed by atoms with Crippen molar-refractivity contribution in [3.8, 4) is 62.1 Å². The molecule has 11 rings (SSSR count). The van der Waals surface area contributed by atoms with Crippen molar-refractivity contribution in [3.05, 3.63) is 221 Å². The first-order valence-corrected chi connectivity index (χ1v) is 29.9. The van der Waals surface area contributed by atoms with E-state index >= 15 is 0 Å². The second-order valence-electron chi connectivity index (χ2n) is 29.6. The Balaban J connectivity index is 0.00000927. The first-order valence-electron chi connectivity index (χ1n) is 32.9. The average Bonchev–Trinajstić information content (AvgIpc) is 1.43. The molecular weight excluding hydrogens is 1230 g/mol. The molecule has 444 valence electrons. The minimum absolute atomic E-state index is 0. The van der Waals surface area contributed by atoms with Crippen molar-refractivity contribution >= 4 is 32.8 Å². The summed E-state index contributed by atoms with van der Waals surface area (Å²) in [5.41, 5.74) is 15.2. The standard InChI is InChI=1S/C80H86N4O.Pt/c1-50-25-23-26-51(2)73(50)52-31-34-69-71(41-52)82(61-27-24-28-62(47-61)85-63-32-33-65-64-29-21-22-30-68(64)84(70(65)48-63)72-46-55(35-36-81-72)75(3,4)5)49-83(69)74-66(53-37-56(76(6,7)8)42-57(38-53)77(9,10)11)44-60(80(18,19)20)45-67(74)54-39-58(78(12,13)14)43-59(40-54)79(15,16)17;/h21-46H,1-20H3;/q-2;/i1D3,2D3;. The van der Waals surface area contributed by atoms with Crippen molar-refractivity contribution in [1.29, 1.82) is 0 Å². The predicted octanol–water partition coefficient (Wildman–Crippen LogP) is 21.0. The SMILES string of the molecule is [2H]C([2H])([2H])c1cccc(C([2H])([2H])[2H])c1-c1ccc2c(c1)n(-c1[c-]c(Oc3[c-]c4c(cc3)c3ccccc3n4-c3cc(C(C)(C)C)ccn3)ccc1)[c-][n+]2-c1c(-c2cc(C(C)(C)C)cc(C(C)(C)C)c2)cc(C(C)(C)C)cc1-c1cc(C(C)(C)C)cc(C(C)(C)C)c1.[Pt]. The van der Waals surface area contributed by atoms with Crippen LogP contribution in [-0.2, 0) is 53.6 Å². The molecule has 11 aromatic rings. The molecule has 3 heterocycles.